The zero-order valence-electron chi connectivity index (χ0n) is 11.2. The van der Waals surface area contributed by atoms with Gasteiger partial charge in [-0.3, -0.25) is 0 Å². The topological polar surface area (TPSA) is 33.1 Å². The molecule has 1 aromatic carbocycles. The highest BCUT2D eigenvalue weighted by atomic mass is 32.1. The van der Waals surface area contributed by atoms with Gasteiger partial charge in [-0.15, -0.1) is 11.3 Å². The van der Waals surface area contributed by atoms with Crippen molar-refractivity contribution in [3.63, 3.8) is 0 Å². The summed E-state index contributed by atoms with van der Waals surface area (Å²) >= 11 is 1.75. The highest BCUT2D eigenvalue weighted by Crippen LogP contribution is 2.31. The lowest BCUT2D eigenvalue weighted by atomic mass is 10.1. The zero-order chi connectivity index (χ0) is 13.1. The fourth-order valence-corrected chi connectivity index (χ4v) is 3.26. The summed E-state index contributed by atoms with van der Waals surface area (Å²) in [5.41, 5.74) is 4.88. The lowest BCUT2D eigenvalue weighted by molar-refractivity contribution is 0.289. The Hall–Kier alpha value is -1.19. The van der Waals surface area contributed by atoms with E-state index in [-0.39, 0.29) is 6.61 Å². The molecule has 96 valence electrons. The van der Waals surface area contributed by atoms with E-state index in [4.69, 9.17) is 5.11 Å². The van der Waals surface area contributed by atoms with Gasteiger partial charge in [-0.1, -0.05) is 23.8 Å². The largest absolute Gasteiger partial charge is 0.396 e. The Balaban J connectivity index is 2.33. The first-order chi connectivity index (χ1) is 8.61. The summed E-state index contributed by atoms with van der Waals surface area (Å²) in [6, 6.07) is 6.48. The van der Waals surface area contributed by atoms with Crippen LogP contribution in [0.25, 0.3) is 10.6 Å². The van der Waals surface area contributed by atoms with Gasteiger partial charge in [-0.25, -0.2) is 4.98 Å². The van der Waals surface area contributed by atoms with Crippen molar-refractivity contribution in [1.82, 2.24) is 4.98 Å². The number of aryl methyl sites for hydroxylation is 4. The minimum atomic E-state index is 0.246. The van der Waals surface area contributed by atoms with Gasteiger partial charge in [0, 0.05) is 17.0 Å². The summed E-state index contributed by atoms with van der Waals surface area (Å²) in [7, 11) is 0. The van der Waals surface area contributed by atoms with Gasteiger partial charge in [-0.2, -0.15) is 0 Å². The molecule has 1 aromatic heterocycles. The number of nitrogens with zero attached hydrogens (tertiary/aromatic N) is 1. The fraction of sp³-hybridized carbons (Fsp3) is 0.400. The Labute approximate surface area is 112 Å². The number of aliphatic hydroxyl groups excluding tert-OH is 1. The minimum absolute atomic E-state index is 0.246. The van der Waals surface area contributed by atoms with Crippen LogP contribution in [0, 0.1) is 20.8 Å². The second-order valence-corrected chi connectivity index (χ2v) is 5.76. The van der Waals surface area contributed by atoms with Gasteiger partial charge in [0.25, 0.3) is 0 Å². The van der Waals surface area contributed by atoms with Crippen molar-refractivity contribution in [2.45, 2.75) is 33.6 Å². The summed E-state index contributed by atoms with van der Waals surface area (Å²) in [6.45, 7) is 6.54. The van der Waals surface area contributed by atoms with E-state index >= 15 is 0 Å². The molecule has 0 aliphatic rings. The number of aromatic nitrogens is 1. The van der Waals surface area contributed by atoms with Crippen LogP contribution in [0.15, 0.2) is 18.2 Å². The van der Waals surface area contributed by atoms with Crippen LogP contribution in [0.4, 0.5) is 0 Å². The average molecular weight is 261 g/mol. The lowest BCUT2D eigenvalue weighted by Gasteiger charge is -2.02. The normalized spacial score (nSPS) is 10.9. The van der Waals surface area contributed by atoms with Gasteiger partial charge in [-0.05, 0) is 39.2 Å². The Morgan fingerprint density at radius 1 is 1.22 bits per heavy atom. The Morgan fingerprint density at radius 2 is 2.00 bits per heavy atom. The monoisotopic (exact) mass is 261 g/mol. The molecule has 2 rings (SSSR count). The van der Waals surface area contributed by atoms with Crippen molar-refractivity contribution >= 4 is 11.3 Å². The van der Waals surface area contributed by atoms with Gasteiger partial charge >= 0.3 is 0 Å². The number of hydrogen-bond acceptors (Lipinski definition) is 3. The first kappa shape index (κ1) is 13.2. The molecule has 0 radical (unpaired) electrons. The number of aliphatic hydroxyl groups is 1. The van der Waals surface area contributed by atoms with Crippen molar-refractivity contribution in [2.75, 3.05) is 6.61 Å². The number of rotatable bonds is 4. The summed E-state index contributed by atoms with van der Waals surface area (Å²) < 4.78 is 0. The van der Waals surface area contributed by atoms with E-state index in [1.165, 1.54) is 21.6 Å². The van der Waals surface area contributed by atoms with Gasteiger partial charge in [0.05, 0.1) is 5.69 Å². The molecule has 0 aliphatic heterocycles. The minimum Gasteiger partial charge on any atom is -0.396 e. The van der Waals surface area contributed by atoms with Crippen molar-refractivity contribution in [3.05, 3.63) is 39.9 Å². The maximum atomic E-state index is 8.90. The van der Waals surface area contributed by atoms with Crippen molar-refractivity contribution < 1.29 is 5.11 Å². The summed E-state index contributed by atoms with van der Waals surface area (Å²) in [5, 5.41) is 10.00. The van der Waals surface area contributed by atoms with Gasteiger partial charge in [0.2, 0.25) is 0 Å². The van der Waals surface area contributed by atoms with Crippen molar-refractivity contribution in [3.8, 4) is 10.6 Å². The molecule has 0 saturated heterocycles. The van der Waals surface area contributed by atoms with E-state index in [1.54, 1.807) is 11.3 Å². The molecule has 0 spiro atoms. The lowest BCUT2D eigenvalue weighted by Crippen LogP contribution is -1.88. The van der Waals surface area contributed by atoms with Crippen LogP contribution in [-0.4, -0.2) is 16.7 Å². The maximum Gasteiger partial charge on any atom is 0.124 e. The zero-order valence-corrected chi connectivity index (χ0v) is 12.0. The second-order valence-electron chi connectivity index (χ2n) is 4.67. The van der Waals surface area contributed by atoms with Gasteiger partial charge in [0.1, 0.15) is 5.01 Å². The standard InChI is InChI=1S/C15H19NOS/c1-10-6-7-13(11(2)9-10)15-16-12(3)14(18-15)5-4-8-17/h6-7,9,17H,4-5,8H2,1-3H3. The quantitative estimate of drug-likeness (QED) is 0.911. The van der Waals surface area contributed by atoms with Crippen LogP contribution < -0.4 is 0 Å². The number of hydrogen-bond donors (Lipinski definition) is 1. The van der Waals surface area contributed by atoms with Crippen LogP contribution in [0.2, 0.25) is 0 Å². The van der Waals surface area contributed by atoms with Crippen LogP contribution in [0.1, 0.15) is 28.1 Å². The molecule has 3 heteroatoms. The first-order valence-corrected chi connectivity index (χ1v) is 7.08. The second kappa shape index (κ2) is 5.63. The van der Waals surface area contributed by atoms with Crippen LogP contribution in [0.3, 0.4) is 0 Å². The Kier molecular flexibility index (Phi) is 4.15. The molecule has 0 aliphatic carbocycles. The fourth-order valence-electron chi connectivity index (χ4n) is 2.07. The molecule has 2 aromatic rings. The average Bonchev–Trinajstić information content (AvgIpc) is 2.68. The predicted molar refractivity (Wildman–Crippen MR) is 77.2 cm³/mol. The molecule has 1 N–H and O–H groups in total. The highest BCUT2D eigenvalue weighted by Gasteiger charge is 2.10. The molecule has 0 saturated carbocycles. The summed E-state index contributed by atoms with van der Waals surface area (Å²) in [6.07, 6.45) is 1.74. The van der Waals surface area contributed by atoms with Gasteiger partial charge < -0.3 is 5.11 Å². The Morgan fingerprint density at radius 3 is 2.67 bits per heavy atom. The first-order valence-electron chi connectivity index (χ1n) is 6.26. The van der Waals surface area contributed by atoms with E-state index in [2.05, 4.69) is 44.0 Å². The Bertz CT molecular complexity index is 545. The molecule has 0 atom stereocenters. The van der Waals surface area contributed by atoms with Crippen LogP contribution >= 0.6 is 11.3 Å². The summed E-state index contributed by atoms with van der Waals surface area (Å²) in [4.78, 5) is 5.95. The van der Waals surface area contributed by atoms with E-state index in [0.29, 0.717) is 0 Å². The third kappa shape index (κ3) is 2.79. The van der Waals surface area contributed by atoms with E-state index in [1.807, 2.05) is 0 Å². The van der Waals surface area contributed by atoms with Crippen LogP contribution in [0.5, 0.6) is 0 Å². The molecule has 0 bridgehead atoms. The summed E-state index contributed by atoms with van der Waals surface area (Å²) in [5.74, 6) is 0. The third-order valence-corrected chi connectivity index (χ3v) is 4.32. The van der Waals surface area contributed by atoms with E-state index in [9.17, 15) is 0 Å². The SMILES string of the molecule is Cc1ccc(-c2nc(C)c(CCCO)s2)c(C)c1. The molecule has 0 amide bonds. The number of thiazole rings is 1. The maximum absolute atomic E-state index is 8.90. The molecule has 0 fully saturated rings. The molecular weight excluding hydrogens is 242 g/mol. The molecule has 18 heavy (non-hydrogen) atoms. The number of benzene rings is 1. The van der Waals surface area contributed by atoms with E-state index < -0.39 is 0 Å². The van der Waals surface area contributed by atoms with Gasteiger partial charge in [0.15, 0.2) is 0 Å². The van der Waals surface area contributed by atoms with Crippen LogP contribution in [-0.2, 0) is 6.42 Å². The molecule has 2 nitrogen and oxygen atoms in total. The third-order valence-electron chi connectivity index (χ3n) is 3.07. The molecule has 1 heterocycles. The van der Waals surface area contributed by atoms with Crippen molar-refractivity contribution in [1.29, 1.82) is 0 Å². The highest BCUT2D eigenvalue weighted by molar-refractivity contribution is 7.15. The molecule has 0 unspecified atom stereocenters. The smallest absolute Gasteiger partial charge is 0.124 e. The van der Waals surface area contributed by atoms with Crippen molar-refractivity contribution in [2.24, 2.45) is 0 Å². The predicted octanol–water partition coefficient (Wildman–Crippen LogP) is 3.66. The molecular formula is C15H19NOS. The van der Waals surface area contributed by atoms with E-state index in [0.717, 1.165) is 23.5 Å².